The van der Waals surface area contributed by atoms with E-state index in [1.165, 1.54) is 7.11 Å². The number of benzene rings is 1. The van der Waals surface area contributed by atoms with Gasteiger partial charge in [-0.25, -0.2) is 0 Å². The largest absolute Gasteiger partial charge is 0.508 e. The standard InChI is InChI=1S/C15H21O4P/c1-11-6-4-5-7-13(11)14(10-20(18)19-3)12(2)8-9-15(16)17/h4-7,12,14H,8-10H2,1-3H3/p+1. The predicted octanol–water partition coefficient (Wildman–Crippen LogP) is 3.97. The van der Waals surface area contributed by atoms with Gasteiger partial charge in [0.1, 0.15) is 0 Å². The van der Waals surface area contributed by atoms with Crippen molar-refractivity contribution in [2.75, 3.05) is 13.3 Å². The third-order valence-corrected chi connectivity index (χ3v) is 4.74. The summed E-state index contributed by atoms with van der Waals surface area (Å²) in [6, 6.07) is 7.97. The van der Waals surface area contributed by atoms with Crippen LogP contribution in [0.2, 0.25) is 0 Å². The van der Waals surface area contributed by atoms with E-state index in [1.54, 1.807) is 0 Å². The second kappa shape index (κ2) is 8.13. The van der Waals surface area contributed by atoms with Crippen molar-refractivity contribution in [2.24, 2.45) is 5.92 Å². The molecule has 110 valence electrons. The maximum atomic E-state index is 11.8. The lowest BCUT2D eigenvalue weighted by atomic mass is 9.84. The molecular formula is C15H22O4P+. The highest BCUT2D eigenvalue weighted by Crippen LogP contribution is 2.37. The molecule has 0 aromatic heterocycles. The van der Waals surface area contributed by atoms with E-state index in [4.69, 9.17) is 9.63 Å². The van der Waals surface area contributed by atoms with Crippen LogP contribution in [-0.2, 0) is 13.9 Å². The predicted molar refractivity (Wildman–Crippen MR) is 79.4 cm³/mol. The van der Waals surface area contributed by atoms with E-state index in [-0.39, 0.29) is 18.3 Å². The summed E-state index contributed by atoms with van der Waals surface area (Å²) in [6.45, 7) is 4.03. The van der Waals surface area contributed by atoms with Crippen molar-refractivity contribution in [3.05, 3.63) is 35.4 Å². The van der Waals surface area contributed by atoms with Gasteiger partial charge in [-0.05, 0) is 35.0 Å². The molecule has 1 aromatic carbocycles. The Hall–Kier alpha value is -1.25. The average molecular weight is 297 g/mol. The lowest BCUT2D eigenvalue weighted by Crippen LogP contribution is -2.15. The van der Waals surface area contributed by atoms with Gasteiger partial charge < -0.3 is 5.11 Å². The van der Waals surface area contributed by atoms with Gasteiger partial charge in [0.2, 0.25) is 0 Å². The number of aliphatic carboxylic acids is 1. The fourth-order valence-corrected chi connectivity index (χ4v) is 3.40. The van der Waals surface area contributed by atoms with E-state index in [9.17, 15) is 9.36 Å². The summed E-state index contributed by atoms with van der Waals surface area (Å²) in [6.07, 6.45) is 1.13. The zero-order chi connectivity index (χ0) is 15.1. The highest BCUT2D eigenvalue weighted by molar-refractivity contribution is 7.39. The first-order valence-electron chi connectivity index (χ1n) is 6.71. The molecule has 0 saturated heterocycles. The van der Waals surface area contributed by atoms with Gasteiger partial charge >= 0.3 is 14.0 Å². The summed E-state index contributed by atoms with van der Waals surface area (Å²) < 4.78 is 16.7. The molecule has 4 nitrogen and oxygen atoms in total. The SMILES string of the molecule is CO[P+](=O)CC(c1ccccc1C)C(C)CCC(=O)O. The Bertz CT molecular complexity index is 473. The maximum absolute atomic E-state index is 11.8. The molecular weight excluding hydrogens is 275 g/mol. The fraction of sp³-hybridized carbons (Fsp3) is 0.533. The summed E-state index contributed by atoms with van der Waals surface area (Å²) >= 11 is 0. The van der Waals surface area contributed by atoms with Crippen LogP contribution in [0, 0.1) is 12.8 Å². The fourth-order valence-electron chi connectivity index (χ4n) is 2.38. The Morgan fingerprint density at radius 1 is 1.40 bits per heavy atom. The molecule has 3 atom stereocenters. The lowest BCUT2D eigenvalue weighted by molar-refractivity contribution is -0.137. The lowest BCUT2D eigenvalue weighted by Gasteiger charge is -2.21. The van der Waals surface area contributed by atoms with E-state index < -0.39 is 14.0 Å². The van der Waals surface area contributed by atoms with Gasteiger partial charge in [-0.2, -0.15) is 0 Å². The Morgan fingerprint density at radius 2 is 2.05 bits per heavy atom. The monoisotopic (exact) mass is 297 g/mol. The van der Waals surface area contributed by atoms with E-state index >= 15 is 0 Å². The molecule has 0 spiro atoms. The van der Waals surface area contributed by atoms with E-state index in [0.717, 1.165) is 11.1 Å². The van der Waals surface area contributed by atoms with Crippen molar-refractivity contribution >= 4 is 14.0 Å². The van der Waals surface area contributed by atoms with E-state index in [0.29, 0.717) is 12.6 Å². The number of rotatable bonds is 8. The smallest absolute Gasteiger partial charge is 0.481 e. The van der Waals surface area contributed by atoms with Gasteiger partial charge in [0, 0.05) is 12.3 Å². The first-order chi connectivity index (χ1) is 9.45. The molecule has 0 bridgehead atoms. The molecule has 1 rings (SSSR count). The normalized spacial score (nSPS) is 14.7. The van der Waals surface area contributed by atoms with Crippen molar-refractivity contribution in [2.45, 2.75) is 32.6 Å². The van der Waals surface area contributed by atoms with Gasteiger partial charge in [0.15, 0.2) is 6.16 Å². The Balaban J connectivity index is 2.93. The highest BCUT2D eigenvalue weighted by Gasteiger charge is 2.30. The number of hydrogen-bond acceptors (Lipinski definition) is 3. The number of carbonyl (C=O) groups is 1. The van der Waals surface area contributed by atoms with Gasteiger partial charge in [-0.1, -0.05) is 31.2 Å². The summed E-state index contributed by atoms with van der Waals surface area (Å²) in [5.74, 6) is -0.600. The van der Waals surface area contributed by atoms with E-state index in [2.05, 4.69) is 0 Å². The Morgan fingerprint density at radius 3 is 2.60 bits per heavy atom. The van der Waals surface area contributed by atoms with Crippen molar-refractivity contribution in [3.8, 4) is 0 Å². The molecule has 20 heavy (non-hydrogen) atoms. The molecule has 1 aromatic rings. The molecule has 0 fully saturated rings. The first-order valence-corrected chi connectivity index (χ1v) is 8.08. The van der Waals surface area contributed by atoms with Crippen LogP contribution in [0.25, 0.3) is 0 Å². The second-order valence-electron chi connectivity index (χ2n) is 5.07. The molecule has 0 heterocycles. The van der Waals surface area contributed by atoms with Crippen LogP contribution in [0.3, 0.4) is 0 Å². The molecule has 3 unspecified atom stereocenters. The average Bonchev–Trinajstić information content (AvgIpc) is 2.42. The highest BCUT2D eigenvalue weighted by atomic mass is 31.1. The van der Waals surface area contributed by atoms with Gasteiger partial charge in [-0.15, -0.1) is 4.52 Å². The molecule has 5 heteroatoms. The Kier molecular flexibility index (Phi) is 6.83. The zero-order valence-corrected chi connectivity index (χ0v) is 13.1. The number of hydrogen-bond donors (Lipinski definition) is 1. The Labute approximate surface area is 121 Å². The molecule has 0 radical (unpaired) electrons. The van der Waals surface area contributed by atoms with Gasteiger partial charge in [0.25, 0.3) is 0 Å². The number of carboxylic acids is 1. The van der Waals surface area contributed by atoms with Crippen molar-refractivity contribution in [1.29, 1.82) is 0 Å². The van der Waals surface area contributed by atoms with Crippen LogP contribution in [0.15, 0.2) is 24.3 Å². The molecule has 1 N–H and O–H groups in total. The van der Waals surface area contributed by atoms with Crippen molar-refractivity contribution in [1.82, 2.24) is 0 Å². The third-order valence-electron chi connectivity index (χ3n) is 3.64. The van der Waals surface area contributed by atoms with Crippen molar-refractivity contribution in [3.63, 3.8) is 0 Å². The summed E-state index contributed by atoms with van der Waals surface area (Å²) in [4.78, 5) is 10.7. The van der Waals surface area contributed by atoms with Crippen LogP contribution in [0.5, 0.6) is 0 Å². The van der Waals surface area contributed by atoms with Crippen LogP contribution >= 0.6 is 8.03 Å². The maximum Gasteiger partial charge on any atom is 0.508 e. The molecule has 0 aliphatic heterocycles. The molecule has 0 aliphatic rings. The van der Waals surface area contributed by atoms with Crippen LogP contribution < -0.4 is 0 Å². The van der Waals surface area contributed by atoms with Crippen molar-refractivity contribution < 1.29 is 19.0 Å². The van der Waals surface area contributed by atoms with Gasteiger partial charge in [0.05, 0.1) is 7.11 Å². The number of carboxylic acid groups (broad SMARTS) is 1. The van der Waals surface area contributed by atoms with Crippen LogP contribution in [0.1, 0.15) is 36.8 Å². The zero-order valence-electron chi connectivity index (χ0n) is 12.2. The van der Waals surface area contributed by atoms with Gasteiger partial charge in [-0.3, -0.25) is 4.79 Å². The number of aryl methyl sites for hydroxylation is 1. The molecule has 0 aliphatic carbocycles. The molecule has 0 amide bonds. The molecule has 0 saturated carbocycles. The minimum absolute atomic E-state index is 0.0547. The minimum atomic E-state index is -1.71. The van der Waals surface area contributed by atoms with E-state index in [1.807, 2.05) is 38.1 Å². The topological polar surface area (TPSA) is 63.6 Å². The summed E-state index contributed by atoms with van der Waals surface area (Å²) in [5.41, 5.74) is 2.27. The third kappa shape index (κ3) is 5.03. The second-order valence-corrected chi connectivity index (χ2v) is 6.47. The summed E-state index contributed by atoms with van der Waals surface area (Å²) in [7, 11) is -0.270. The summed E-state index contributed by atoms with van der Waals surface area (Å²) in [5, 5.41) is 8.81. The van der Waals surface area contributed by atoms with Crippen LogP contribution in [-0.4, -0.2) is 24.3 Å². The van der Waals surface area contributed by atoms with Crippen LogP contribution in [0.4, 0.5) is 0 Å². The first kappa shape index (κ1) is 16.8. The minimum Gasteiger partial charge on any atom is -0.481 e. The quantitative estimate of drug-likeness (QED) is 0.737.